The first-order chi connectivity index (χ1) is 14.0. The van der Waals surface area contributed by atoms with Crippen LogP contribution in [-0.2, 0) is 25.5 Å². The minimum Gasteiger partial charge on any atom is -0.464 e. The summed E-state index contributed by atoms with van der Waals surface area (Å²) in [6, 6.07) is 5.91. The van der Waals surface area contributed by atoms with Crippen LogP contribution in [0.2, 0.25) is 0 Å². The summed E-state index contributed by atoms with van der Waals surface area (Å²) in [5.41, 5.74) is 3.33. The van der Waals surface area contributed by atoms with Crippen LogP contribution in [0.1, 0.15) is 31.7 Å². The molecule has 0 atom stereocenters. The SMILES string of the molecule is Cc1ncc(-c2ccc3c(c2)c(C2OCCO2)nn3CC(=O)OCC(C)C)cn1. The first kappa shape index (κ1) is 19.5. The highest BCUT2D eigenvalue weighted by Gasteiger charge is 2.26. The standard InChI is InChI=1S/C21H24N4O4/c1-13(2)12-29-19(26)11-25-18-5-4-15(16-9-22-14(3)23-10-16)8-17(18)20(24-25)21-27-6-7-28-21/h4-5,8-10,13,21H,6-7,11-12H2,1-3H3. The van der Waals surface area contributed by atoms with Crippen LogP contribution >= 0.6 is 0 Å². The predicted octanol–water partition coefficient (Wildman–Crippen LogP) is 3.05. The third kappa shape index (κ3) is 4.28. The fraction of sp³-hybridized carbons (Fsp3) is 0.429. The van der Waals surface area contributed by atoms with Crippen molar-refractivity contribution >= 4 is 16.9 Å². The molecule has 1 aliphatic rings. The Kier molecular flexibility index (Phi) is 5.55. The molecule has 152 valence electrons. The van der Waals surface area contributed by atoms with E-state index in [2.05, 4.69) is 15.1 Å². The molecule has 0 bridgehead atoms. The zero-order chi connectivity index (χ0) is 20.4. The van der Waals surface area contributed by atoms with Crippen molar-refractivity contribution in [3.05, 3.63) is 42.1 Å². The van der Waals surface area contributed by atoms with Crippen molar-refractivity contribution in [2.75, 3.05) is 19.8 Å². The molecule has 0 aliphatic carbocycles. The van der Waals surface area contributed by atoms with Crippen molar-refractivity contribution in [1.82, 2.24) is 19.7 Å². The molecule has 2 aromatic heterocycles. The highest BCUT2D eigenvalue weighted by Crippen LogP contribution is 2.32. The Morgan fingerprint density at radius 2 is 1.93 bits per heavy atom. The van der Waals surface area contributed by atoms with Gasteiger partial charge in [-0.3, -0.25) is 9.48 Å². The Hall–Kier alpha value is -2.84. The number of carbonyl (C=O) groups excluding carboxylic acids is 1. The average molecular weight is 396 g/mol. The average Bonchev–Trinajstić information content (AvgIpc) is 3.35. The Labute approximate surface area is 168 Å². The van der Waals surface area contributed by atoms with Gasteiger partial charge in [-0.1, -0.05) is 19.9 Å². The van der Waals surface area contributed by atoms with E-state index in [-0.39, 0.29) is 18.4 Å². The summed E-state index contributed by atoms with van der Waals surface area (Å²) in [6.07, 6.45) is 3.04. The molecule has 1 aromatic carbocycles. The molecule has 0 amide bonds. The number of rotatable bonds is 6. The van der Waals surface area contributed by atoms with Crippen molar-refractivity contribution in [1.29, 1.82) is 0 Å². The maximum absolute atomic E-state index is 12.2. The summed E-state index contributed by atoms with van der Waals surface area (Å²) in [7, 11) is 0. The molecule has 29 heavy (non-hydrogen) atoms. The van der Waals surface area contributed by atoms with Crippen molar-refractivity contribution in [3.8, 4) is 11.1 Å². The molecule has 1 aliphatic heterocycles. The number of hydrogen-bond donors (Lipinski definition) is 0. The normalized spacial score (nSPS) is 14.8. The summed E-state index contributed by atoms with van der Waals surface area (Å²) < 4.78 is 18.3. The van der Waals surface area contributed by atoms with E-state index in [4.69, 9.17) is 14.2 Å². The van der Waals surface area contributed by atoms with E-state index < -0.39 is 6.29 Å². The fourth-order valence-corrected chi connectivity index (χ4v) is 3.16. The van der Waals surface area contributed by atoms with Crippen LogP contribution in [0.4, 0.5) is 0 Å². The minimum atomic E-state index is -0.546. The fourth-order valence-electron chi connectivity index (χ4n) is 3.16. The van der Waals surface area contributed by atoms with Gasteiger partial charge in [0.05, 0.1) is 25.3 Å². The maximum atomic E-state index is 12.2. The maximum Gasteiger partial charge on any atom is 0.327 e. The molecule has 3 heterocycles. The van der Waals surface area contributed by atoms with Crippen molar-refractivity contribution in [2.24, 2.45) is 5.92 Å². The summed E-state index contributed by atoms with van der Waals surface area (Å²) in [4.78, 5) is 20.8. The number of nitrogens with zero attached hydrogens (tertiary/aromatic N) is 4. The molecule has 8 heteroatoms. The second-order valence-corrected chi connectivity index (χ2v) is 7.44. The first-order valence-electron chi connectivity index (χ1n) is 9.69. The molecular weight excluding hydrogens is 372 g/mol. The smallest absolute Gasteiger partial charge is 0.327 e. The number of benzene rings is 1. The van der Waals surface area contributed by atoms with Crippen LogP contribution in [0.25, 0.3) is 22.0 Å². The first-order valence-corrected chi connectivity index (χ1v) is 9.69. The quantitative estimate of drug-likeness (QED) is 0.592. The highest BCUT2D eigenvalue weighted by molar-refractivity contribution is 5.88. The number of esters is 1. The molecule has 0 unspecified atom stereocenters. The zero-order valence-electron chi connectivity index (χ0n) is 16.8. The molecule has 0 N–H and O–H groups in total. The predicted molar refractivity (Wildman–Crippen MR) is 106 cm³/mol. The van der Waals surface area contributed by atoms with Crippen molar-refractivity contribution in [2.45, 2.75) is 33.6 Å². The van der Waals surface area contributed by atoms with Crippen LogP contribution < -0.4 is 0 Å². The second-order valence-electron chi connectivity index (χ2n) is 7.44. The van der Waals surface area contributed by atoms with Gasteiger partial charge in [0.2, 0.25) is 6.29 Å². The number of carbonyl (C=O) groups is 1. The van der Waals surface area contributed by atoms with Gasteiger partial charge in [-0.25, -0.2) is 9.97 Å². The summed E-state index contributed by atoms with van der Waals surface area (Å²) in [6.45, 7) is 7.30. The van der Waals surface area contributed by atoms with Crippen molar-refractivity contribution < 1.29 is 19.0 Å². The van der Waals surface area contributed by atoms with Gasteiger partial charge >= 0.3 is 5.97 Å². The molecule has 0 saturated carbocycles. The van der Waals surface area contributed by atoms with Gasteiger partial charge in [-0.2, -0.15) is 5.10 Å². The van der Waals surface area contributed by atoms with Gasteiger partial charge in [0, 0.05) is 23.3 Å². The number of ether oxygens (including phenoxy) is 3. The topological polar surface area (TPSA) is 88.4 Å². The van der Waals surface area contributed by atoms with Crippen LogP contribution in [0.3, 0.4) is 0 Å². The number of fused-ring (bicyclic) bond motifs is 1. The minimum absolute atomic E-state index is 0.0307. The van der Waals surface area contributed by atoms with E-state index in [0.717, 1.165) is 27.9 Å². The molecule has 0 radical (unpaired) electrons. The molecule has 0 spiro atoms. The van der Waals surface area contributed by atoms with E-state index in [9.17, 15) is 4.79 Å². The van der Waals surface area contributed by atoms with Crippen molar-refractivity contribution in [3.63, 3.8) is 0 Å². The number of hydrogen-bond acceptors (Lipinski definition) is 7. The van der Waals surface area contributed by atoms with Gasteiger partial charge in [0.15, 0.2) is 0 Å². The molecule has 1 fully saturated rings. The Morgan fingerprint density at radius 1 is 1.21 bits per heavy atom. The summed E-state index contributed by atoms with van der Waals surface area (Å²) in [5.74, 6) is 0.679. The Balaban J connectivity index is 1.71. The largest absolute Gasteiger partial charge is 0.464 e. The van der Waals surface area contributed by atoms with Gasteiger partial charge in [0.25, 0.3) is 0 Å². The number of aryl methyl sites for hydroxylation is 1. The molecule has 8 nitrogen and oxygen atoms in total. The lowest BCUT2D eigenvalue weighted by molar-refractivity contribution is -0.145. The third-order valence-electron chi connectivity index (χ3n) is 4.59. The lowest BCUT2D eigenvalue weighted by Gasteiger charge is -2.08. The Bertz CT molecular complexity index is 1010. The summed E-state index contributed by atoms with van der Waals surface area (Å²) in [5, 5.41) is 5.49. The van der Waals surface area contributed by atoms with Crippen LogP contribution in [0, 0.1) is 12.8 Å². The zero-order valence-corrected chi connectivity index (χ0v) is 16.8. The monoisotopic (exact) mass is 396 g/mol. The van der Waals surface area contributed by atoms with E-state index in [1.54, 1.807) is 17.1 Å². The van der Waals surface area contributed by atoms with E-state index in [1.807, 2.05) is 39.0 Å². The Morgan fingerprint density at radius 3 is 2.62 bits per heavy atom. The van der Waals surface area contributed by atoms with Gasteiger partial charge in [0.1, 0.15) is 18.1 Å². The van der Waals surface area contributed by atoms with Gasteiger partial charge in [-0.05, 0) is 30.5 Å². The lowest BCUT2D eigenvalue weighted by Crippen LogP contribution is -2.17. The summed E-state index contributed by atoms with van der Waals surface area (Å²) >= 11 is 0. The van der Waals surface area contributed by atoms with Gasteiger partial charge in [-0.15, -0.1) is 0 Å². The van der Waals surface area contributed by atoms with Crippen LogP contribution in [0.5, 0.6) is 0 Å². The van der Waals surface area contributed by atoms with E-state index in [0.29, 0.717) is 25.5 Å². The van der Waals surface area contributed by atoms with Crippen LogP contribution in [0.15, 0.2) is 30.6 Å². The third-order valence-corrected chi connectivity index (χ3v) is 4.59. The lowest BCUT2D eigenvalue weighted by atomic mass is 10.1. The molecule has 1 saturated heterocycles. The van der Waals surface area contributed by atoms with E-state index in [1.165, 1.54) is 0 Å². The van der Waals surface area contributed by atoms with Crippen LogP contribution in [-0.4, -0.2) is 45.5 Å². The highest BCUT2D eigenvalue weighted by atomic mass is 16.7. The van der Waals surface area contributed by atoms with Gasteiger partial charge < -0.3 is 14.2 Å². The second kappa shape index (κ2) is 8.26. The molecule has 4 rings (SSSR count). The number of aromatic nitrogens is 4. The molecular formula is C21H24N4O4. The molecule has 3 aromatic rings. The van der Waals surface area contributed by atoms with E-state index >= 15 is 0 Å².